The van der Waals surface area contributed by atoms with E-state index >= 15 is 0 Å². The Morgan fingerprint density at radius 2 is 1.48 bits per heavy atom. The largest absolute Gasteiger partial charge is 0.423 e. The first-order chi connectivity index (χ1) is 12.8. The molecule has 3 rings (SSSR count). The van der Waals surface area contributed by atoms with Crippen LogP contribution in [0.5, 0.6) is 0 Å². The van der Waals surface area contributed by atoms with E-state index < -0.39 is 25.6 Å². The minimum absolute atomic E-state index is 0.0241. The number of nitrogens with zero attached hydrogens (tertiary/aromatic N) is 2. The van der Waals surface area contributed by atoms with Crippen molar-refractivity contribution in [2.24, 2.45) is 0 Å². The van der Waals surface area contributed by atoms with Crippen molar-refractivity contribution >= 4 is 19.9 Å². The summed E-state index contributed by atoms with van der Waals surface area (Å²) in [7, 11) is -7.37. The highest BCUT2D eigenvalue weighted by Crippen LogP contribution is 2.16. The zero-order chi connectivity index (χ0) is 19.5. The van der Waals surface area contributed by atoms with Crippen molar-refractivity contribution in [2.75, 3.05) is 0 Å². The first-order valence-corrected chi connectivity index (χ1v) is 11.1. The van der Waals surface area contributed by atoms with Gasteiger partial charge >= 0.3 is 0 Å². The maximum Gasteiger partial charge on any atom is 0.241 e. The Morgan fingerprint density at radius 3 is 2.15 bits per heavy atom. The Morgan fingerprint density at radius 1 is 0.852 bits per heavy atom. The third-order valence-electron chi connectivity index (χ3n) is 3.67. The van der Waals surface area contributed by atoms with E-state index in [-0.39, 0.29) is 28.1 Å². The van der Waals surface area contributed by atoms with E-state index in [1.54, 1.807) is 30.3 Å². The van der Waals surface area contributed by atoms with E-state index in [0.29, 0.717) is 0 Å². The van der Waals surface area contributed by atoms with Gasteiger partial charge in [-0.25, -0.2) is 21.6 Å². The van der Waals surface area contributed by atoms with Gasteiger partial charge < -0.3 is 4.42 Å². The van der Waals surface area contributed by atoms with Crippen LogP contribution >= 0.6 is 0 Å². The molecule has 0 spiro atoms. The molecule has 0 unspecified atom stereocenters. The first-order valence-electron chi connectivity index (χ1n) is 7.92. The predicted octanol–water partition coefficient (Wildman–Crippen LogP) is 1.83. The molecule has 1 aromatic heterocycles. The van der Waals surface area contributed by atoms with Gasteiger partial charge in [-0.2, -0.15) is 0 Å². The Bertz CT molecular complexity index is 1120. The molecule has 0 fully saturated rings. The van der Waals surface area contributed by atoms with E-state index in [4.69, 9.17) is 4.42 Å². The van der Waals surface area contributed by atoms with Crippen LogP contribution in [-0.2, 0) is 32.2 Å². The van der Waals surface area contributed by atoms with Crippen LogP contribution in [0.1, 0.15) is 17.3 Å². The van der Waals surface area contributed by atoms with E-state index in [1.165, 1.54) is 24.3 Å². The summed E-state index contributed by atoms with van der Waals surface area (Å²) in [6.07, 6.45) is 0. The van der Waals surface area contributed by atoms with Gasteiger partial charge in [-0.3, -0.25) is 0 Å². The summed E-state index contributed by atoms with van der Waals surface area (Å²) in [6.45, 7) is 1.61. The Labute approximate surface area is 157 Å². The second-order valence-corrected chi connectivity index (χ2v) is 9.56. The molecule has 2 aromatic carbocycles. The van der Waals surface area contributed by atoms with Crippen LogP contribution in [0.15, 0.2) is 68.8 Å². The maximum atomic E-state index is 12.3. The average Bonchev–Trinajstić information content (AvgIpc) is 3.08. The van der Waals surface area contributed by atoms with Crippen molar-refractivity contribution in [1.82, 2.24) is 14.9 Å². The number of sulfonamides is 1. The zero-order valence-corrected chi connectivity index (χ0v) is 16.0. The lowest BCUT2D eigenvalue weighted by Gasteiger charge is -2.04. The number of aromatic nitrogens is 2. The number of nitrogens with one attached hydrogen (secondary N) is 1. The lowest BCUT2D eigenvalue weighted by atomic mass is 10.2. The molecular weight excluding hydrogens is 390 g/mol. The smallest absolute Gasteiger partial charge is 0.241 e. The Hall–Kier alpha value is -2.56. The van der Waals surface area contributed by atoms with E-state index in [9.17, 15) is 16.8 Å². The highest BCUT2D eigenvalue weighted by Gasteiger charge is 2.20. The topological polar surface area (TPSA) is 119 Å². The molecule has 0 atom stereocenters. The summed E-state index contributed by atoms with van der Waals surface area (Å²) in [5.41, 5.74) is 0.940. The molecule has 0 aliphatic rings. The fraction of sp³-hybridized carbons (Fsp3) is 0.176. The molecule has 0 aliphatic carbocycles. The van der Waals surface area contributed by atoms with Gasteiger partial charge in [0, 0.05) is 0 Å². The molecule has 0 saturated carbocycles. The normalized spacial score (nSPS) is 12.2. The van der Waals surface area contributed by atoms with E-state index in [1.807, 2.05) is 6.92 Å². The fourth-order valence-corrected chi connectivity index (χ4v) is 4.40. The van der Waals surface area contributed by atoms with Crippen molar-refractivity contribution in [3.63, 3.8) is 0 Å². The number of hydrogen-bond acceptors (Lipinski definition) is 7. The number of rotatable bonds is 7. The third kappa shape index (κ3) is 4.79. The minimum atomic E-state index is -3.74. The van der Waals surface area contributed by atoms with Gasteiger partial charge in [0.15, 0.2) is 9.84 Å². The Balaban J connectivity index is 1.67. The molecule has 3 aromatic rings. The van der Waals surface area contributed by atoms with Gasteiger partial charge in [-0.15, -0.1) is 10.2 Å². The van der Waals surface area contributed by atoms with Gasteiger partial charge in [0.25, 0.3) is 0 Å². The number of benzene rings is 2. The van der Waals surface area contributed by atoms with Crippen LogP contribution in [0.25, 0.3) is 0 Å². The van der Waals surface area contributed by atoms with Gasteiger partial charge in [-0.1, -0.05) is 35.9 Å². The van der Waals surface area contributed by atoms with Crippen LogP contribution in [0.2, 0.25) is 0 Å². The molecule has 8 nitrogen and oxygen atoms in total. The van der Waals surface area contributed by atoms with Gasteiger partial charge in [-0.05, 0) is 31.2 Å². The van der Waals surface area contributed by atoms with Crippen LogP contribution < -0.4 is 4.72 Å². The molecule has 1 heterocycles. The summed E-state index contributed by atoms with van der Waals surface area (Å²) < 4.78 is 56.7. The third-order valence-corrected chi connectivity index (χ3v) is 6.70. The van der Waals surface area contributed by atoms with Crippen molar-refractivity contribution in [3.8, 4) is 0 Å². The van der Waals surface area contributed by atoms with E-state index in [2.05, 4.69) is 14.9 Å². The SMILES string of the molecule is Cc1ccc(S(=O)(=O)NCc2nnc(CS(=O)(=O)c3ccccc3)o2)cc1. The van der Waals surface area contributed by atoms with Crippen LogP contribution in [0, 0.1) is 6.92 Å². The summed E-state index contributed by atoms with van der Waals surface area (Å²) >= 11 is 0. The summed E-state index contributed by atoms with van der Waals surface area (Å²) in [6, 6.07) is 14.3. The second-order valence-electron chi connectivity index (χ2n) is 5.80. The summed E-state index contributed by atoms with van der Waals surface area (Å²) in [5.74, 6) is -0.596. The molecule has 0 amide bonds. The zero-order valence-electron chi connectivity index (χ0n) is 14.4. The fourth-order valence-electron chi connectivity index (χ4n) is 2.25. The molecular formula is C17H17N3O5S2. The lowest BCUT2D eigenvalue weighted by Crippen LogP contribution is -2.23. The van der Waals surface area contributed by atoms with Crippen molar-refractivity contribution < 1.29 is 21.3 Å². The van der Waals surface area contributed by atoms with Crippen LogP contribution in [-0.4, -0.2) is 27.0 Å². The Kier molecular flexibility index (Phi) is 5.40. The average molecular weight is 407 g/mol. The van der Waals surface area contributed by atoms with Crippen molar-refractivity contribution in [2.45, 2.75) is 29.0 Å². The van der Waals surface area contributed by atoms with Gasteiger partial charge in [0.1, 0.15) is 5.75 Å². The summed E-state index contributed by atoms with van der Waals surface area (Å²) in [5, 5.41) is 7.38. The predicted molar refractivity (Wildman–Crippen MR) is 96.8 cm³/mol. The molecule has 27 heavy (non-hydrogen) atoms. The quantitative estimate of drug-likeness (QED) is 0.634. The molecule has 10 heteroatoms. The highest BCUT2D eigenvalue weighted by atomic mass is 32.2. The minimum Gasteiger partial charge on any atom is -0.423 e. The van der Waals surface area contributed by atoms with Gasteiger partial charge in [0.05, 0.1) is 16.3 Å². The second kappa shape index (κ2) is 7.59. The monoisotopic (exact) mass is 407 g/mol. The first kappa shape index (κ1) is 19.2. The van der Waals surface area contributed by atoms with Gasteiger partial charge in [0.2, 0.25) is 21.8 Å². The van der Waals surface area contributed by atoms with Crippen LogP contribution in [0.3, 0.4) is 0 Å². The molecule has 0 radical (unpaired) electrons. The van der Waals surface area contributed by atoms with Crippen molar-refractivity contribution in [3.05, 3.63) is 71.9 Å². The number of aryl methyl sites for hydroxylation is 1. The van der Waals surface area contributed by atoms with Crippen LogP contribution in [0.4, 0.5) is 0 Å². The molecule has 0 saturated heterocycles. The summed E-state index contributed by atoms with van der Waals surface area (Å²) in [4.78, 5) is 0.254. The van der Waals surface area contributed by atoms with E-state index in [0.717, 1.165) is 5.56 Å². The highest BCUT2D eigenvalue weighted by molar-refractivity contribution is 7.90. The maximum absolute atomic E-state index is 12.3. The molecule has 0 aliphatic heterocycles. The number of hydrogen-bond donors (Lipinski definition) is 1. The standard InChI is InChI=1S/C17H17N3O5S2/c1-13-7-9-15(10-8-13)27(23,24)18-11-16-19-20-17(25-16)12-26(21,22)14-5-3-2-4-6-14/h2-10,18H,11-12H2,1H3. The lowest BCUT2D eigenvalue weighted by molar-refractivity contribution is 0.454. The number of sulfone groups is 1. The molecule has 0 bridgehead atoms. The van der Waals surface area contributed by atoms with Crippen molar-refractivity contribution in [1.29, 1.82) is 0 Å². The molecule has 1 N–H and O–H groups in total. The molecule has 142 valence electrons.